The van der Waals surface area contributed by atoms with Crippen molar-refractivity contribution in [2.24, 2.45) is 5.92 Å². The summed E-state index contributed by atoms with van der Waals surface area (Å²) >= 11 is 1.80. The largest absolute Gasteiger partial charge is 0.316 e. The van der Waals surface area contributed by atoms with Crippen molar-refractivity contribution in [2.45, 2.75) is 19.8 Å². The maximum Gasteiger partial charge on any atom is 0.142 e. The second-order valence-corrected chi connectivity index (χ2v) is 5.89. The second-order valence-electron chi connectivity index (χ2n) is 4.81. The number of aromatic nitrogens is 2. The Morgan fingerprint density at radius 3 is 3.11 bits per heavy atom. The van der Waals surface area contributed by atoms with Crippen molar-refractivity contribution in [3.8, 4) is 10.7 Å². The normalized spacial score (nSPS) is 19.3. The van der Waals surface area contributed by atoms with Gasteiger partial charge in [0.25, 0.3) is 0 Å². The maximum absolute atomic E-state index is 4.66. The van der Waals surface area contributed by atoms with E-state index in [0.29, 0.717) is 0 Å². The molecule has 4 heteroatoms. The van der Waals surface area contributed by atoms with Gasteiger partial charge in [-0.25, -0.2) is 4.98 Å². The zero-order valence-corrected chi connectivity index (χ0v) is 11.3. The lowest BCUT2D eigenvalue weighted by Gasteiger charge is -2.05. The van der Waals surface area contributed by atoms with Crippen molar-refractivity contribution in [1.29, 1.82) is 0 Å². The Hall–Kier alpha value is -1.26. The van der Waals surface area contributed by atoms with E-state index in [4.69, 9.17) is 0 Å². The van der Waals surface area contributed by atoms with Gasteiger partial charge < -0.3 is 5.32 Å². The van der Waals surface area contributed by atoms with Crippen LogP contribution >= 0.6 is 11.3 Å². The van der Waals surface area contributed by atoms with Gasteiger partial charge in [0.2, 0.25) is 0 Å². The summed E-state index contributed by atoms with van der Waals surface area (Å²) in [7, 11) is 0. The molecule has 2 aromatic heterocycles. The number of thiazole rings is 1. The molecule has 3 heterocycles. The van der Waals surface area contributed by atoms with E-state index in [1.54, 1.807) is 11.3 Å². The predicted octanol–water partition coefficient (Wildman–Crippen LogP) is 2.67. The van der Waals surface area contributed by atoms with Crippen LogP contribution in [-0.4, -0.2) is 23.1 Å². The van der Waals surface area contributed by atoms with E-state index in [1.165, 1.54) is 17.0 Å². The third kappa shape index (κ3) is 2.44. The molecule has 1 saturated heterocycles. The van der Waals surface area contributed by atoms with Gasteiger partial charge in [0.05, 0.1) is 11.4 Å². The zero-order valence-electron chi connectivity index (χ0n) is 10.5. The summed E-state index contributed by atoms with van der Waals surface area (Å²) in [6.45, 7) is 4.42. The number of rotatable bonds is 3. The SMILES string of the molecule is Cc1nc(-c2ccccn2)sc1CC1CCNC1. The minimum absolute atomic E-state index is 0.778. The zero-order chi connectivity index (χ0) is 12.4. The summed E-state index contributed by atoms with van der Waals surface area (Å²) in [6, 6.07) is 5.98. The van der Waals surface area contributed by atoms with E-state index < -0.39 is 0 Å². The van der Waals surface area contributed by atoms with E-state index in [0.717, 1.165) is 36.1 Å². The van der Waals surface area contributed by atoms with Crippen LogP contribution < -0.4 is 5.32 Å². The minimum atomic E-state index is 0.778. The van der Waals surface area contributed by atoms with E-state index in [9.17, 15) is 0 Å². The molecule has 1 aliphatic rings. The van der Waals surface area contributed by atoms with E-state index in [2.05, 4.69) is 22.2 Å². The van der Waals surface area contributed by atoms with Crippen LogP contribution in [0.25, 0.3) is 10.7 Å². The van der Waals surface area contributed by atoms with Crippen LogP contribution in [0.4, 0.5) is 0 Å². The highest BCUT2D eigenvalue weighted by Gasteiger charge is 2.18. The molecule has 1 fully saturated rings. The molecular formula is C14H17N3S. The third-order valence-electron chi connectivity index (χ3n) is 3.41. The van der Waals surface area contributed by atoms with Crippen molar-refractivity contribution in [3.05, 3.63) is 35.0 Å². The van der Waals surface area contributed by atoms with Gasteiger partial charge in [0.1, 0.15) is 5.01 Å². The van der Waals surface area contributed by atoms with Crippen molar-refractivity contribution in [1.82, 2.24) is 15.3 Å². The van der Waals surface area contributed by atoms with E-state index in [1.807, 2.05) is 24.4 Å². The van der Waals surface area contributed by atoms with Crippen LogP contribution in [0.2, 0.25) is 0 Å². The second kappa shape index (κ2) is 5.16. The highest BCUT2D eigenvalue weighted by molar-refractivity contribution is 7.15. The molecule has 1 N–H and O–H groups in total. The summed E-state index contributed by atoms with van der Waals surface area (Å²) in [5.74, 6) is 0.778. The van der Waals surface area contributed by atoms with Crippen molar-refractivity contribution in [2.75, 3.05) is 13.1 Å². The molecule has 0 aliphatic carbocycles. The molecule has 3 nitrogen and oxygen atoms in total. The predicted molar refractivity (Wildman–Crippen MR) is 74.8 cm³/mol. The van der Waals surface area contributed by atoms with E-state index in [-0.39, 0.29) is 0 Å². The van der Waals surface area contributed by atoms with Gasteiger partial charge in [-0.05, 0) is 50.9 Å². The number of aryl methyl sites for hydroxylation is 1. The van der Waals surface area contributed by atoms with Gasteiger partial charge in [-0.3, -0.25) is 4.98 Å². The fourth-order valence-electron chi connectivity index (χ4n) is 2.37. The molecule has 0 amide bonds. The smallest absolute Gasteiger partial charge is 0.142 e. The van der Waals surface area contributed by atoms with Crippen LogP contribution in [0.3, 0.4) is 0 Å². The Morgan fingerprint density at radius 1 is 1.44 bits per heavy atom. The van der Waals surface area contributed by atoms with Crippen LogP contribution in [0.15, 0.2) is 24.4 Å². The Bertz CT molecular complexity index is 515. The minimum Gasteiger partial charge on any atom is -0.316 e. The van der Waals surface area contributed by atoms with Crippen LogP contribution in [0, 0.1) is 12.8 Å². The average Bonchev–Trinajstić information content (AvgIpc) is 3.02. The summed E-state index contributed by atoms with van der Waals surface area (Å²) in [5.41, 5.74) is 2.16. The standard InChI is InChI=1S/C14H17N3S/c1-10-13(8-11-5-7-15-9-11)18-14(17-10)12-4-2-3-6-16-12/h2-4,6,11,15H,5,7-9H2,1H3. The average molecular weight is 259 g/mol. The lowest BCUT2D eigenvalue weighted by Crippen LogP contribution is -2.10. The first kappa shape index (κ1) is 11.8. The summed E-state index contributed by atoms with van der Waals surface area (Å²) < 4.78 is 0. The first-order valence-electron chi connectivity index (χ1n) is 6.41. The fourth-order valence-corrected chi connectivity index (χ4v) is 3.52. The van der Waals surface area contributed by atoms with Gasteiger partial charge in [-0.2, -0.15) is 0 Å². The van der Waals surface area contributed by atoms with E-state index >= 15 is 0 Å². The molecule has 94 valence electrons. The maximum atomic E-state index is 4.66. The molecule has 1 atom stereocenters. The molecule has 0 bridgehead atoms. The Balaban J connectivity index is 1.82. The lowest BCUT2D eigenvalue weighted by atomic mass is 10.0. The van der Waals surface area contributed by atoms with Gasteiger partial charge in [0.15, 0.2) is 0 Å². The summed E-state index contributed by atoms with van der Waals surface area (Å²) in [4.78, 5) is 10.5. The molecule has 18 heavy (non-hydrogen) atoms. The van der Waals surface area contributed by atoms with Gasteiger partial charge in [-0.1, -0.05) is 6.07 Å². The van der Waals surface area contributed by atoms with Crippen LogP contribution in [0.5, 0.6) is 0 Å². The van der Waals surface area contributed by atoms with Crippen molar-refractivity contribution < 1.29 is 0 Å². The molecule has 1 aliphatic heterocycles. The molecule has 0 aromatic carbocycles. The summed E-state index contributed by atoms with van der Waals surface area (Å²) in [6.07, 6.45) is 4.27. The van der Waals surface area contributed by atoms with Crippen molar-refractivity contribution in [3.63, 3.8) is 0 Å². The monoisotopic (exact) mass is 259 g/mol. The lowest BCUT2D eigenvalue weighted by molar-refractivity contribution is 0.583. The van der Waals surface area contributed by atoms with Crippen LogP contribution in [-0.2, 0) is 6.42 Å². The topological polar surface area (TPSA) is 37.8 Å². The fraction of sp³-hybridized carbons (Fsp3) is 0.429. The highest BCUT2D eigenvalue weighted by Crippen LogP contribution is 2.29. The number of nitrogens with one attached hydrogen (secondary N) is 1. The Labute approximate surface area is 111 Å². The number of nitrogens with zero attached hydrogens (tertiary/aromatic N) is 2. The number of hydrogen-bond donors (Lipinski definition) is 1. The molecule has 2 aromatic rings. The summed E-state index contributed by atoms with van der Waals surface area (Å²) in [5, 5.41) is 4.47. The van der Waals surface area contributed by atoms with Crippen molar-refractivity contribution >= 4 is 11.3 Å². The first-order chi connectivity index (χ1) is 8.83. The van der Waals surface area contributed by atoms with Gasteiger partial charge in [0, 0.05) is 11.1 Å². The highest BCUT2D eigenvalue weighted by atomic mass is 32.1. The number of pyridine rings is 1. The Kier molecular flexibility index (Phi) is 3.39. The quantitative estimate of drug-likeness (QED) is 0.921. The molecule has 0 radical (unpaired) electrons. The van der Waals surface area contributed by atoms with Gasteiger partial charge in [-0.15, -0.1) is 11.3 Å². The molecular weight excluding hydrogens is 242 g/mol. The molecule has 0 saturated carbocycles. The first-order valence-corrected chi connectivity index (χ1v) is 7.23. The van der Waals surface area contributed by atoms with Crippen LogP contribution in [0.1, 0.15) is 17.0 Å². The molecule has 3 rings (SSSR count). The third-order valence-corrected chi connectivity index (χ3v) is 4.62. The van der Waals surface area contributed by atoms with Gasteiger partial charge >= 0.3 is 0 Å². The Morgan fingerprint density at radius 2 is 2.39 bits per heavy atom. The molecule has 1 unspecified atom stereocenters. The number of hydrogen-bond acceptors (Lipinski definition) is 4. The molecule has 0 spiro atoms.